The smallest absolute Gasteiger partial charge is 0.122 e. The molecule has 1 aromatic rings. The van der Waals surface area contributed by atoms with Gasteiger partial charge in [-0.1, -0.05) is 34.6 Å². The molecule has 0 saturated heterocycles. The van der Waals surface area contributed by atoms with Crippen molar-refractivity contribution in [3.63, 3.8) is 0 Å². The molecule has 1 rings (SSSR count). The second-order valence-electron chi connectivity index (χ2n) is 6.76. The van der Waals surface area contributed by atoms with Gasteiger partial charge in [0.05, 0.1) is 0 Å². The van der Waals surface area contributed by atoms with E-state index in [0.29, 0.717) is 11.8 Å². The van der Waals surface area contributed by atoms with Crippen LogP contribution in [0.25, 0.3) is 0 Å². The average Bonchev–Trinajstić information content (AvgIpc) is 2.36. The summed E-state index contributed by atoms with van der Waals surface area (Å²) in [6, 6.07) is 2.59. The molecule has 0 radical (unpaired) electrons. The van der Waals surface area contributed by atoms with Gasteiger partial charge in [0, 0.05) is 6.04 Å². The van der Waals surface area contributed by atoms with Crippen LogP contribution in [0.15, 0.2) is 6.07 Å². The molecule has 1 N–H and O–H groups in total. The highest BCUT2D eigenvalue weighted by Gasteiger charge is 2.24. The maximum atomic E-state index is 10.5. The predicted octanol–water partition coefficient (Wildman–Crippen LogP) is 4.71. The van der Waals surface area contributed by atoms with Crippen molar-refractivity contribution >= 4 is 0 Å². The molecule has 2 nitrogen and oxygen atoms in total. The number of hydrogen-bond donors (Lipinski definition) is 1. The van der Waals surface area contributed by atoms with Gasteiger partial charge < -0.3 is 5.11 Å². The Labute approximate surface area is 124 Å². The molecular weight excluding hydrogens is 246 g/mol. The van der Waals surface area contributed by atoms with Crippen molar-refractivity contribution in [3.8, 4) is 5.75 Å². The summed E-state index contributed by atoms with van der Waals surface area (Å²) in [5.74, 6) is 0.463. The molecule has 2 heteroatoms. The standard InChI is InChI=1S/C18H31NO/c1-9-19(10-2)14(5)15-11-16(18(6,7)8)17(20)13(4)12(15)3/h11,14,20H,9-10H2,1-8H3. The summed E-state index contributed by atoms with van der Waals surface area (Å²) in [7, 11) is 0. The van der Waals surface area contributed by atoms with Crippen molar-refractivity contribution in [3.05, 3.63) is 28.3 Å². The van der Waals surface area contributed by atoms with E-state index in [1.54, 1.807) is 0 Å². The summed E-state index contributed by atoms with van der Waals surface area (Å²) in [6.45, 7) is 19.4. The molecule has 114 valence electrons. The lowest BCUT2D eigenvalue weighted by molar-refractivity contribution is 0.233. The van der Waals surface area contributed by atoms with Gasteiger partial charge >= 0.3 is 0 Å². The molecule has 0 aliphatic rings. The van der Waals surface area contributed by atoms with E-state index < -0.39 is 0 Å². The fourth-order valence-corrected chi connectivity index (χ4v) is 2.90. The minimum Gasteiger partial charge on any atom is -0.507 e. The largest absolute Gasteiger partial charge is 0.507 e. The molecule has 0 saturated carbocycles. The Morgan fingerprint density at radius 1 is 1.10 bits per heavy atom. The van der Waals surface area contributed by atoms with Gasteiger partial charge in [-0.3, -0.25) is 4.90 Å². The molecule has 1 aromatic carbocycles. The quantitative estimate of drug-likeness (QED) is 0.861. The van der Waals surface area contributed by atoms with E-state index in [4.69, 9.17) is 0 Å². The third-order valence-corrected chi connectivity index (χ3v) is 4.52. The van der Waals surface area contributed by atoms with Gasteiger partial charge in [0.15, 0.2) is 0 Å². The van der Waals surface area contributed by atoms with Gasteiger partial charge in [-0.2, -0.15) is 0 Å². The van der Waals surface area contributed by atoms with Crippen molar-refractivity contribution in [2.75, 3.05) is 13.1 Å². The summed E-state index contributed by atoms with van der Waals surface area (Å²) in [6.07, 6.45) is 0. The van der Waals surface area contributed by atoms with Crippen LogP contribution in [-0.4, -0.2) is 23.1 Å². The molecule has 1 atom stereocenters. The van der Waals surface area contributed by atoms with E-state index in [9.17, 15) is 5.11 Å². The fraction of sp³-hybridized carbons (Fsp3) is 0.667. The van der Waals surface area contributed by atoms with Crippen molar-refractivity contribution < 1.29 is 5.11 Å². The molecule has 0 aliphatic carbocycles. The van der Waals surface area contributed by atoms with Gasteiger partial charge in [0.25, 0.3) is 0 Å². The van der Waals surface area contributed by atoms with Crippen LogP contribution in [0, 0.1) is 13.8 Å². The lowest BCUT2D eigenvalue weighted by atomic mass is 9.81. The van der Waals surface area contributed by atoms with E-state index in [1.165, 1.54) is 11.1 Å². The Morgan fingerprint density at radius 2 is 1.60 bits per heavy atom. The molecule has 0 aromatic heterocycles. The van der Waals surface area contributed by atoms with Gasteiger partial charge in [0.2, 0.25) is 0 Å². The zero-order valence-corrected chi connectivity index (χ0v) is 14.5. The Bertz CT molecular complexity index is 467. The second-order valence-corrected chi connectivity index (χ2v) is 6.76. The van der Waals surface area contributed by atoms with Crippen LogP contribution in [0.2, 0.25) is 0 Å². The summed E-state index contributed by atoms with van der Waals surface area (Å²) >= 11 is 0. The van der Waals surface area contributed by atoms with Crippen molar-refractivity contribution in [2.45, 2.75) is 66.8 Å². The first-order valence-electron chi connectivity index (χ1n) is 7.72. The van der Waals surface area contributed by atoms with Crippen LogP contribution in [0.4, 0.5) is 0 Å². The first kappa shape index (κ1) is 17.0. The molecule has 20 heavy (non-hydrogen) atoms. The molecule has 0 fully saturated rings. The number of hydrogen-bond acceptors (Lipinski definition) is 2. The summed E-state index contributed by atoms with van der Waals surface area (Å²) in [5.41, 5.74) is 4.59. The number of nitrogens with zero attached hydrogens (tertiary/aromatic N) is 1. The van der Waals surface area contributed by atoms with Gasteiger partial charge in [-0.05, 0) is 67.6 Å². The predicted molar refractivity (Wildman–Crippen MR) is 87.6 cm³/mol. The third-order valence-electron chi connectivity index (χ3n) is 4.52. The first-order valence-corrected chi connectivity index (χ1v) is 7.72. The van der Waals surface area contributed by atoms with Gasteiger partial charge in [0.1, 0.15) is 5.75 Å². The van der Waals surface area contributed by atoms with Crippen LogP contribution in [-0.2, 0) is 5.41 Å². The average molecular weight is 277 g/mol. The summed E-state index contributed by atoms with van der Waals surface area (Å²) in [4.78, 5) is 2.45. The molecule has 1 unspecified atom stereocenters. The molecule has 0 aliphatic heterocycles. The minimum atomic E-state index is -0.0414. The molecule has 0 spiro atoms. The lowest BCUT2D eigenvalue weighted by Crippen LogP contribution is -2.27. The Hall–Kier alpha value is -1.02. The highest BCUT2D eigenvalue weighted by atomic mass is 16.3. The zero-order chi connectivity index (χ0) is 15.7. The van der Waals surface area contributed by atoms with Gasteiger partial charge in [-0.15, -0.1) is 0 Å². The Kier molecular flexibility index (Phi) is 5.26. The van der Waals surface area contributed by atoms with Crippen molar-refractivity contribution in [2.24, 2.45) is 0 Å². The zero-order valence-electron chi connectivity index (χ0n) is 14.5. The molecule has 0 heterocycles. The lowest BCUT2D eigenvalue weighted by Gasteiger charge is -2.31. The SMILES string of the molecule is CCN(CC)C(C)c1cc(C(C)(C)C)c(O)c(C)c1C. The highest BCUT2D eigenvalue weighted by molar-refractivity contribution is 5.52. The maximum absolute atomic E-state index is 10.5. The maximum Gasteiger partial charge on any atom is 0.122 e. The molecule has 0 bridgehead atoms. The van der Waals surface area contributed by atoms with E-state index in [-0.39, 0.29) is 5.41 Å². The normalized spacial score (nSPS) is 13.8. The van der Waals surface area contributed by atoms with Crippen molar-refractivity contribution in [1.29, 1.82) is 0 Å². The van der Waals surface area contributed by atoms with Gasteiger partial charge in [-0.25, -0.2) is 0 Å². The van der Waals surface area contributed by atoms with Crippen LogP contribution < -0.4 is 0 Å². The number of benzene rings is 1. The summed E-state index contributed by atoms with van der Waals surface area (Å²) in [5, 5.41) is 10.5. The number of aromatic hydroxyl groups is 1. The monoisotopic (exact) mass is 277 g/mol. The van der Waals surface area contributed by atoms with Crippen LogP contribution in [0.5, 0.6) is 5.75 Å². The van der Waals surface area contributed by atoms with Crippen LogP contribution in [0.3, 0.4) is 0 Å². The first-order chi connectivity index (χ1) is 9.15. The number of phenols is 1. The Morgan fingerprint density at radius 3 is 2.00 bits per heavy atom. The van der Waals surface area contributed by atoms with Crippen molar-refractivity contribution in [1.82, 2.24) is 4.90 Å². The number of phenolic OH excluding ortho intramolecular Hbond substituents is 1. The second kappa shape index (κ2) is 6.17. The molecule has 0 amide bonds. The summed E-state index contributed by atoms with van der Waals surface area (Å²) < 4.78 is 0. The van der Waals surface area contributed by atoms with E-state index >= 15 is 0 Å². The van der Waals surface area contributed by atoms with E-state index in [1.807, 2.05) is 6.92 Å². The third kappa shape index (κ3) is 3.17. The minimum absolute atomic E-state index is 0.0414. The van der Waals surface area contributed by atoms with E-state index in [0.717, 1.165) is 24.2 Å². The van der Waals surface area contributed by atoms with Crippen LogP contribution >= 0.6 is 0 Å². The number of rotatable bonds is 4. The topological polar surface area (TPSA) is 23.5 Å². The van der Waals surface area contributed by atoms with Crippen LogP contribution in [0.1, 0.15) is 69.8 Å². The molecular formula is C18H31NO. The Balaban J connectivity index is 3.45. The van der Waals surface area contributed by atoms with E-state index in [2.05, 4.69) is 59.4 Å². The fourth-order valence-electron chi connectivity index (χ4n) is 2.90. The highest BCUT2D eigenvalue weighted by Crippen LogP contribution is 2.38.